The number of nitrogens with two attached hydrogens (primary N) is 1. The molecule has 7 heteroatoms. The third kappa shape index (κ3) is 3.60. The van der Waals surface area contributed by atoms with Crippen LogP contribution < -0.4 is 5.73 Å². The molecule has 114 valence electrons. The maximum absolute atomic E-state index is 13.9. The van der Waals surface area contributed by atoms with Crippen molar-refractivity contribution >= 4 is 10.0 Å². The van der Waals surface area contributed by atoms with Gasteiger partial charge in [0.25, 0.3) is 0 Å². The lowest BCUT2D eigenvalue weighted by Gasteiger charge is -2.20. The van der Waals surface area contributed by atoms with Gasteiger partial charge in [0.2, 0.25) is 10.0 Å². The van der Waals surface area contributed by atoms with Crippen LogP contribution in [0.15, 0.2) is 23.1 Å². The van der Waals surface area contributed by atoms with E-state index in [9.17, 15) is 12.8 Å². The average molecular weight is 312 g/mol. The molecule has 1 aliphatic rings. The van der Waals surface area contributed by atoms with Gasteiger partial charge in [-0.15, -0.1) is 0 Å². The Kier molecular flexibility index (Phi) is 4.96. The topological polar surface area (TPSA) is 83.6 Å². The molecule has 2 rings (SSSR count). The van der Waals surface area contributed by atoms with Crippen molar-refractivity contribution in [2.75, 3.05) is 19.7 Å². The Morgan fingerprint density at radius 2 is 2.14 bits per heavy atom. The predicted octanol–water partition coefficient (Wildman–Crippen LogP) is 0.281. The van der Waals surface area contributed by atoms with E-state index in [1.54, 1.807) is 0 Å². The van der Waals surface area contributed by atoms with Crippen LogP contribution in [0.5, 0.6) is 0 Å². The summed E-state index contributed by atoms with van der Waals surface area (Å²) in [6, 6.07) is 3.52. The van der Waals surface area contributed by atoms with Crippen LogP contribution >= 0.6 is 0 Å². The van der Waals surface area contributed by atoms with Gasteiger partial charge in [-0.05, 0) is 31.0 Å². The van der Waals surface area contributed by atoms with Crippen molar-refractivity contribution in [3.63, 3.8) is 0 Å². The zero-order valence-electron chi connectivity index (χ0n) is 11.4. The zero-order chi connectivity index (χ0) is 15.5. The lowest BCUT2D eigenvalue weighted by Crippen LogP contribution is -2.35. The summed E-state index contributed by atoms with van der Waals surface area (Å²) in [5.41, 5.74) is 5.33. The van der Waals surface area contributed by atoms with Gasteiger partial charge in [-0.3, -0.25) is 0 Å². The molecule has 0 saturated heterocycles. The molecule has 0 spiro atoms. The average Bonchev–Trinajstić information content (AvgIpc) is 3.27. The second kappa shape index (κ2) is 6.54. The Bertz CT molecular complexity index is 675. The first-order valence-corrected chi connectivity index (χ1v) is 8.06. The molecule has 1 saturated carbocycles. The van der Waals surface area contributed by atoms with E-state index >= 15 is 0 Å². The molecule has 1 aromatic carbocycles. The van der Waals surface area contributed by atoms with Gasteiger partial charge < -0.3 is 10.8 Å². The van der Waals surface area contributed by atoms with Gasteiger partial charge in [0.15, 0.2) is 0 Å². The number of rotatable bonds is 5. The number of hydrogen-bond acceptors (Lipinski definition) is 4. The molecule has 1 aliphatic carbocycles. The maximum atomic E-state index is 13.9. The van der Waals surface area contributed by atoms with Crippen LogP contribution in [0.3, 0.4) is 0 Å². The van der Waals surface area contributed by atoms with Crippen molar-refractivity contribution in [2.24, 2.45) is 5.73 Å². The van der Waals surface area contributed by atoms with Crippen molar-refractivity contribution in [1.82, 2.24) is 4.31 Å². The number of halogens is 1. The molecule has 0 aromatic heterocycles. The molecule has 0 bridgehead atoms. The van der Waals surface area contributed by atoms with Crippen LogP contribution in [-0.4, -0.2) is 43.6 Å². The number of hydrogen-bond donors (Lipinski definition) is 2. The molecular formula is C14H17FN2O3S. The number of aliphatic hydroxyl groups is 1. The van der Waals surface area contributed by atoms with E-state index in [0.29, 0.717) is 0 Å². The minimum atomic E-state index is -3.80. The van der Waals surface area contributed by atoms with Gasteiger partial charge in [0.1, 0.15) is 5.82 Å². The predicted molar refractivity (Wildman–Crippen MR) is 76.3 cm³/mol. The molecule has 0 radical (unpaired) electrons. The first kappa shape index (κ1) is 15.9. The number of benzene rings is 1. The van der Waals surface area contributed by atoms with E-state index in [4.69, 9.17) is 10.8 Å². The molecule has 1 fully saturated rings. The zero-order valence-corrected chi connectivity index (χ0v) is 12.2. The first-order valence-electron chi connectivity index (χ1n) is 6.62. The molecule has 1 aromatic rings. The summed E-state index contributed by atoms with van der Waals surface area (Å²) in [4.78, 5) is -0.126. The van der Waals surface area contributed by atoms with Gasteiger partial charge >= 0.3 is 0 Å². The van der Waals surface area contributed by atoms with Crippen LogP contribution in [0.2, 0.25) is 0 Å². The van der Waals surface area contributed by atoms with E-state index < -0.39 is 15.8 Å². The molecule has 21 heavy (non-hydrogen) atoms. The Morgan fingerprint density at radius 3 is 2.67 bits per heavy atom. The summed E-state index contributed by atoms with van der Waals surface area (Å²) in [5.74, 6) is 4.36. The standard InChI is InChI=1S/C14H17FN2O3S/c15-14-10-13(6-3-11(14)2-1-7-16)21(19,20)17(8-9-18)12-4-5-12/h3,6,10,12,18H,4-5,7-9,16H2. The third-order valence-corrected chi connectivity index (χ3v) is 5.09. The Hall–Kier alpha value is -1.46. The van der Waals surface area contributed by atoms with Crippen molar-refractivity contribution < 1.29 is 17.9 Å². The summed E-state index contributed by atoms with van der Waals surface area (Å²) >= 11 is 0. The summed E-state index contributed by atoms with van der Waals surface area (Å²) in [6.45, 7) is -0.146. The Labute approximate surface area is 123 Å². The van der Waals surface area contributed by atoms with Gasteiger partial charge in [-0.2, -0.15) is 4.31 Å². The molecule has 5 nitrogen and oxygen atoms in total. The van der Waals surface area contributed by atoms with Crippen LogP contribution in [-0.2, 0) is 10.0 Å². The summed E-state index contributed by atoms with van der Waals surface area (Å²) in [5, 5.41) is 9.01. The highest BCUT2D eigenvalue weighted by Gasteiger charge is 2.37. The normalized spacial score (nSPS) is 14.9. The third-order valence-electron chi connectivity index (χ3n) is 3.15. The van der Waals surface area contributed by atoms with Crippen LogP contribution in [0.4, 0.5) is 4.39 Å². The quantitative estimate of drug-likeness (QED) is 0.765. The van der Waals surface area contributed by atoms with Gasteiger partial charge in [0, 0.05) is 12.6 Å². The van der Waals surface area contributed by atoms with E-state index in [-0.39, 0.29) is 36.2 Å². The second-order valence-electron chi connectivity index (χ2n) is 4.72. The van der Waals surface area contributed by atoms with E-state index in [1.807, 2.05) is 0 Å². The molecular weight excluding hydrogens is 295 g/mol. The lowest BCUT2D eigenvalue weighted by molar-refractivity contribution is 0.250. The molecule has 0 amide bonds. The maximum Gasteiger partial charge on any atom is 0.243 e. The number of sulfonamides is 1. The van der Waals surface area contributed by atoms with E-state index in [2.05, 4.69) is 11.8 Å². The monoisotopic (exact) mass is 312 g/mol. The molecule has 0 unspecified atom stereocenters. The van der Waals surface area contributed by atoms with Crippen LogP contribution in [0, 0.1) is 17.7 Å². The SMILES string of the molecule is NCC#Cc1ccc(S(=O)(=O)N(CCO)C2CC2)cc1F. The van der Waals surface area contributed by atoms with Gasteiger partial charge in [0.05, 0.1) is 23.6 Å². The smallest absolute Gasteiger partial charge is 0.243 e. The molecule has 0 heterocycles. The minimum Gasteiger partial charge on any atom is -0.395 e. The van der Waals surface area contributed by atoms with E-state index in [1.165, 1.54) is 16.4 Å². The van der Waals surface area contributed by atoms with Crippen molar-refractivity contribution in [3.8, 4) is 11.8 Å². The first-order chi connectivity index (χ1) is 10.0. The molecule has 0 aliphatic heterocycles. The van der Waals surface area contributed by atoms with Crippen molar-refractivity contribution in [3.05, 3.63) is 29.6 Å². The Balaban J connectivity index is 2.33. The van der Waals surface area contributed by atoms with E-state index in [0.717, 1.165) is 18.9 Å². The number of nitrogens with zero attached hydrogens (tertiary/aromatic N) is 1. The number of aliphatic hydroxyl groups excluding tert-OH is 1. The summed E-state index contributed by atoms with van der Waals surface area (Å²) in [6.07, 6.45) is 1.53. The van der Waals surface area contributed by atoms with Crippen molar-refractivity contribution in [2.45, 2.75) is 23.8 Å². The highest BCUT2D eigenvalue weighted by molar-refractivity contribution is 7.89. The highest BCUT2D eigenvalue weighted by atomic mass is 32.2. The summed E-state index contributed by atoms with van der Waals surface area (Å²) in [7, 11) is -3.80. The van der Waals surface area contributed by atoms with Gasteiger partial charge in [-0.1, -0.05) is 11.8 Å². The van der Waals surface area contributed by atoms with Crippen molar-refractivity contribution in [1.29, 1.82) is 0 Å². The van der Waals surface area contributed by atoms with Gasteiger partial charge in [-0.25, -0.2) is 12.8 Å². The fourth-order valence-corrected chi connectivity index (χ4v) is 3.69. The largest absolute Gasteiger partial charge is 0.395 e. The Morgan fingerprint density at radius 1 is 1.43 bits per heavy atom. The summed E-state index contributed by atoms with van der Waals surface area (Å²) < 4.78 is 40.1. The van der Waals surface area contributed by atoms with Crippen LogP contribution in [0.25, 0.3) is 0 Å². The highest BCUT2D eigenvalue weighted by Crippen LogP contribution is 2.32. The second-order valence-corrected chi connectivity index (χ2v) is 6.61. The molecule has 0 atom stereocenters. The lowest BCUT2D eigenvalue weighted by atomic mass is 10.2. The molecule has 3 N–H and O–H groups in total. The van der Waals surface area contributed by atoms with Crippen LogP contribution in [0.1, 0.15) is 18.4 Å². The minimum absolute atomic E-state index is 0.0172. The fourth-order valence-electron chi connectivity index (χ4n) is 2.00. The fraction of sp³-hybridized carbons (Fsp3) is 0.429.